The van der Waals surface area contributed by atoms with Crippen molar-refractivity contribution in [3.63, 3.8) is 0 Å². The Kier molecular flexibility index (Phi) is 5.46. The molecule has 3 rings (SSSR count). The summed E-state index contributed by atoms with van der Waals surface area (Å²) >= 11 is 0. The molecule has 0 unspecified atom stereocenters. The Morgan fingerprint density at radius 3 is 2.14 bits per heavy atom. The van der Waals surface area contributed by atoms with E-state index in [0.717, 1.165) is 20.4 Å². The molecule has 0 bridgehead atoms. The van der Waals surface area contributed by atoms with Gasteiger partial charge in [-0.05, 0) is 54.4 Å². The largest absolute Gasteiger partial charge is 0.308 e. The SMILES string of the molecule is CN(c1ccc(C(=O)N2CCc3cc(S(=O)(=O)N(C)C)ccc32)cc1)S(C)(=O)=O. The minimum absolute atomic E-state index is 0.198. The van der Waals surface area contributed by atoms with Crippen molar-refractivity contribution in [3.05, 3.63) is 53.6 Å². The molecular formula is C19H23N3O5S2. The van der Waals surface area contributed by atoms with Crippen LogP contribution in [0.5, 0.6) is 0 Å². The highest BCUT2D eigenvalue weighted by Crippen LogP contribution is 2.32. The van der Waals surface area contributed by atoms with E-state index < -0.39 is 20.0 Å². The summed E-state index contributed by atoms with van der Waals surface area (Å²) in [7, 11) is -2.52. The zero-order chi connectivity index (χ0) is 21.6. The molecule has 0 saturated heterocycles. The number of hydrogen-bond donors (Lipinski definition) is 0. The molecule has 1 aliphatic heterocycles. The molecule has 0 atom stereocenters. The second-order valence-corrected chi connectivity index (χ2v) is 11.2. The van der Waals surface area contributed by atoms with E-state index in [4.69, 9.17) is 0 Å². The average molecular weight is 438 g/mol. The van der Waals surface area contributed by atoms with E-state index in [-0.39, 0.29) is 10.8 Å². The van der Waals surface area contributed by atoms with Crippen LogP contribution in [0.3, 0.4) is 0 Å². The number of fused-ring (bicyclic) bond motifs is 1. The van der Waals surface area contributed by atoms with Gasteiger partial charge in [0.05, 0.1) is 16.8 Å². The van der Waals surface area contributed by atoms with Gasteiger partial charge in [0.1, 0.15) is 0 Å². The lowest BCUT2D eigenvalue weighted by atomic mass is 10.1. The molecule has 0 aromatic heterocycles. The predicted molar refractivity (Wildman–Crippen MR) is 112 cm³/mol. The van der Waals surface area contributed by atoms with Crippen molar-refractivity contribution in [2.75, 3.05) is 43.1 Å². The molecule has 1 aliphatic rings. The third-order valence-corrected chi connectivity index (χ3v) is 7.96. The molecule has 8 nitrogen and oxygen atoms in total. The molecule has 2 aromatic rings. The van der Waals surface area contributed by atoms with E-state index in [1.165, 1.54) is 27.2 Å². The molecule has 0 radical (unpaired) electrons. The Morgan fingerprint density at radius 1 is 0.966 bits per heavy atom. The monoisotopic (exact) mass is 437 g/mol. The average Bonchev–Trinajstić information content (AvgIpc) is 3.09. The minimum atomic E-state index is -3.54. The quantitative estimate of drug-likeness (QED) is 0.707. The summed E-state index contributed by atoms with van der Waals surface area (Å²) in [5.41, 5.74) is 2.37. The van der Waals surface area contributed by atoms with Crippen LogP contribution >= 0.6 is 0 Å². The first kappa shape index (κ1) is 21.3. The highest BCUT2D eigenvalue weighted by molar-refractivity contribution is 7.92. The maximum Gasteiger partial charge on any atom is 0.258 e. The topological polar surface area (TPSA) is 95.1 Å². The van der Waals surface area contributed by atoms with Gasteiger partial charge in [0, 0.05) is 38.9 Å². The van der Waals surface area contributed by atoms with Gasteiger partial charge in [-0.1, -0.05) is 0 Å². The number of hydrogen-bond acceptors (Lipinski definition) is 5. The van der Waals surface area contributed by atoms with Crippen LogP contribution in [0.1, 0.15) is 15.9 Å². The number of sulfonamides is 2. The van der Waals surface area contributed by atoms with Gasteiger partial charge >= 0.3 is 0 Å². The molecule has 0 saturated carbocycles. The maximum atomic E-state index is 12.9. The van der Waals surface area contributed by atoms with Crippen LogP contribution in [0.2, 0.25) is 0 Å². The van der Waals surface area contributed by atoms with Gasteiger partial charge in [-0.15, -0.1) is 0 Å². The van der Waals surface area contributed by atoms with Gasteiger partial charge in [-0.3, -0.25) is 9.10 Å². The number of carbonyl (C=O) groups excluding carboxylic acids is 1. The fourth-order valence-corrected chi connectivity index (χ4v) is 4.58. The summed E-state index contributed by atoms with van der Waals surface area (Å²) in [6, 6.07) is 11.1. The molecular weight excluding hydrogens is 414 g/mol. The van der Waals surface area contributed by atoms with E-state index >= 15 is 0 Å². The van der Waals surface area contributed by atoms with E-state index in [0.29, 0.717) is 29.9 Å². The van der Waals surface area contributed by atoms with E-state index in [9.17, 15) is 21.6 Å². The highest BCUT2D eigenvalue weighted by Gasteiger charge is 2.28. The lowest BCUT2D eigenvalue weighted by molar-refractivity contribution is 0.0989. The minimum Gasteiger partial charge on any atom is -0.308 e. The van der Waals surface area contributed by atoms with Crippen molar-refractivity contribution in [3.8, 4) is 0 Å². The smallest absolute Gasteiger partial charge is 0.258 e. The maximum absolute atomic E-state index is 12.9. The number of anilines is 2. The molecule has 1 amide bonds. The van der Waals surface area contributed by atoms with Gasteiger partial charge < -0.3 is 4.90 Å². The third-order valence-electron chi connectivity index (χ3n) is 4.95. The Balaban J connectivity index is 1.86. The van der Waals surface area contributed by atoms with Crippen LogP contribution in [0.15, 0.2) is 47.4 Å². The Bertz CT molecular complexity index is 1160. The van der Waals surface area contributed by atoms with Gasteiger partial charge in [0.15, 0.2) is 0 Å². The summed E-state index contributed by atoms with van der Waals surface area (Å²) in [6.45, 7) is 0.449. The van der Waals surface area contributed by atoms with Gasteiger partial charge in [0.2, 0.25) is 20.0 Å². The van der Waals surface area contributed by atoms with Crippen molar-refractivity contribution in [1.29, 1.82) is 0 Å². The predicted octanol–water partition coefficient (Wildman–Crippen LogP) is 1.54. The zero-order valence-electron chi connectivity index (χ0n) is 16.7. The standard InChI is InChI=1S/C19H23N3O5S2/c1-20(2)29(26,27)17-9-10-18-15(13-17)11-12-22(18)19(23)14-5-7-16(8-6-14)21(3)28(4,24)25/h5-10,13H,11-12H2,1-4H3. The summed E-state index contributed by atoms with van der Waals surface area (Å²) in [5.74, 6) is -0.222. The van der Waals surface area contributed by atoms with E-state index in [2.05, 4.69) is 0 Å². The molecule has 0 N–H and O–H groups in total. The van der Waals surface area contributed by atoms with E-state index in [1.807, 2.05) is 0 Å². The van der Waals surface area contributed by atoms with Crippen molar-refractivity contribution < 1.29 is 21.6 Å². The summed E-state index contributed by atoms with van der Waals surface area (Å²) < 4.78 is 50.2. The van der Waals surface area contributed by atoms with Crippen molar-refractivity contribution in [2.24, 2.45) is 0 Å². The first-order valence-electron chi connectivity index (χ1n) is 8.84. The Labute approximate surface area is 171 Å². The summed E-state index contributed by atoms with van der Waals surface area (Å²) in [5, 5.41) is 0. The van der Waals surface area contributed by atoms with Crippen LogP contribution in [0.25, 0.3) is 0 Å². The number of carbonyl (C=O) groups is 1. The summed E-state index contributed by atoms with van der Waals surface area (Å²) in [6.07, 6.45) is 1.67. The fraction of sp³-hybridized carbons (Fsp3) is 0.316. The third kappa shape index (κ3) is 4.00. The van der Waals surface area contributed by atoms with E-state index in [1.54, 1.807) is 41.3 Å². The molecule has 2 aromatic carbocycles. The normalized spacial score (nSPS) is 14.2. The molecule has 29 heavy (non-hydrogen) atoms. The van der Waals surface area contributed by atoms with Crippen LogP contribution in [-0.2, 0) is 26.5 Å². The van der Waals surface area contributed by atoms with Crippen LogP contribution in [0.4, 0.5) is 11.4 Å². The second kappa shape index (κ2) is 7.43. The van der Waals surface area contributed by atoms with Crippen LogP contribution in [0, 0.1) is 0 Å². The van der Waals surface area contributed by atoms with Gasteiger partial charge in [0.25, 0.3) is 5.91 Å². The van der Waals surface area contributed by atoms with Gasteiger partial charge in [-0.2, -0.15) is 0 Å². The summed E-state index contributed by atoms with van der Waals surface area (Å²) in [4.78, 5) is 14.8. The molecule has 0 aliphatic carbocycles. The molecule has 156 valence electrons. The molecule has 10 heteroatoms. The molecule has 0 fully saturated rings. The first-order valence-corrected chi connectivity index (χ1v) is 12.1. The van der Waals surface area contributed by atoms with Gasteiger partial charge in [-0.25, -0.2) is 21.1 Å². The number of nitrogens with zero attached hydrogens (tertiary/aromatic N) is 3. The number of amides is 1. The molecule has 1 heterocycles. The zero-order valence-corrected chi connectivity index (χ0v) is 18.3. The van der Waals surface area contributed by atoms with Crippen molar-refractivity contribution >= 4 is 37.3 Å². The number of rotatable bonds is 5. The lowest BCUT2D eigenvalue weighted by Crippen LogP contribution is -2.29. The number of benzene rings is 2. The second-order valence-electron chi connectivity index (χ2n) is 7.06. The van der Waals surface area contributed by atoms with Crippen LogP contribution in [-0.4, -0.2) is 61.0 Å². The Morgan fingerprint density at radius 2 is 1.59 bits per heavy atom. The molecule has 0 spiro atoms. The fourth-order valence-electron chi connectivity index (χ4n) is 3.12. The highest BCUT2D eigenvalue weighted by atomic mass is 32.2. The lowest BCUT2D eigenvalue weighted by Gasteiger charge is -2.20. The van der Waals surface area contributed by atoms with Crippen molar-refractivity contribution in [2.45, 2.75) is 11.3 Å². The van der Waals surface area contributed by atoms with Crippen LogP contribution < -0.4 is 9.21 Å². The first-order chi connectivity index (χ1) is 13.4. The van der Waals surface area contributed by atoms with Crippen molar-refractivity contribution in [1.82, 2.24) is 4.31 Å². The Hall–Kier alpha value is -2.43.